The van der Waals surface area contributed by atoms with Crippen molar-refractivity contribution in [2.24, 2.45) is 0 Å². The number of hydrogen-bond donors (Lipinski definition) is 1. The maximum atomic E-state index is 9.17. The minimum atomic E-state index is -0.441. The Labute approximate surface area is 114 Å². The maximum Gasteiger partial charge on any atom is 0.132 e. The van der Waals surface area contributed by atoms with Gasteiger partial charge in [0.1, 0.15) is 11.3 Å². The van der Waals surface area contributed by atoms with Gasteiger partial charge < -0.3 is 4.74 Å². The van der Waals surface area contributed by atoms with E-state index >= 15 is 0 Å². The largest absolute Gasteiger partial charge is 0.496 e. The number of nitrogens with zero attached hydrogens (tertiary/aromatic N) is 1. The van der Waals surface area contributed by atoms with Crippen molar-refractivity contribution in [1.29, 1.82) is 5.26 Å². The van der Waals surface area contributed by atoms with Crippen LogP contribution in [0.2, 0.25) is 0 Å². The molecule has 4 heteroatoms. The molecule has 1 aromatic carbocycles. The lowest BCUT2D eigenvalue weighted by Crippen LogP contribution is -2.41. The molecule has 1 unspecified atom stereocenters. The number of ether oxygens (including phenoxy) is 1. The molecule has 0 heterocycles. The van der Waals surface area contributed by atoms with Gasteiger partial charge >= 0.3 is 0 Å². The summed E-state index contributed by atoms with van der Waals surface area (Å²) in [7, 11) is 1.68. The number of nitriles is 1. The smallest absolute Gasteiger partial charge is 0.132 e. The number of para-hydroxylation sites is 1. The zero-order valence-corrected chi connectivity index (χ0v) is 12.0. The van der Waals surface area contributed by atoms with E-state index in [2.05, 4.69) is 11.4 Å². The summed E-state index contributed by atoms with van der Waals surface area (Å²) < 4.78 is 5.30. The highest BCUT2D eigenvalue weighted by Gasteiger charge is 2.21. The molecule has 0 aliphatic rings. The molecule has 1 atom stereocenters. The standard InChI is InChI=1S/C14H20N2OS/c1-4-16-14(2,11-15)9-10-18-13-8-6-5-7-12(13)17-3/h5-8,16H,4,9-10H2,1-3H3. The zero-order chi connectivity index (χ0) is 13.4. The van der Waals surface area contributed by atoms with Crippen molar-refractivity contribution in [3.05, 3.63) is 24.3 Å². The molecule has 0 radical (unpaired) electrons. The van der Waals surface area contributed by atoms with Crippen molar-refractivity contribution < 1.29 is 4.74 Å². The second kappa shape index (κ2) is 7.30. The van der Waals surface area contributed by atoms with Crippen LogP contribution in [-0.2, 0) is 0 Å². The summed E-state index contributed by atoms with van der Waals surface area (Å²) in [4.78, 5) is 1.12. The first-order valence-corrected chi connectivity index (χ1v) is 7.06. The SMILES string of the molecule is CCNC(C)(C#N)CCSc1ccccc1OC. The van der Waals surface area contributed by atoms with Gasteiger partial charge in [0.05, 0.1) is 13.2 Å². The number of methoxy groups -OCH3 is 1. The predicted octanol–water partition coefficient (Wildman–Crippen LogP) is 3.07. The van der Waals surface area contributed by atoms with E-state index in [4.69, 9.17) is 10.00 Å². The van der Waals surface area contributed by atoms with Crippen LogP contribution in [0.4, 0.5) is 0 Å². The number of nitrogens with one attached hydrogen (secondary N) is 1. The summed E-state index contributed by atoms with van der Waals surface area (Å²) in [6, 6.07) is 10.3. The Hall–Kier alpha value is -1.18. The molecule has 3 nitrogen and oxygen atoms in total. The van der Waals surface area contributed by atoms with Gasteiger partial charge in [0.2, 0.25) is 0 Å². The minimum absolute atomic E-state index is 0.441. The Morgan fingerprint density at radius 2 is 2.17 bits per heavy atom. The van der Waals surface area contributed by atoms with Crippen molar-refractivity contribution in [2.45, 2.75) is 30.7 Å². The molecule has 0 aromatic heterocycles. The normalized spacial score (nSPS) is 13.7. The number of hydrogen-bond acceptors (Lipinski definition) is 4. The molecule has 0 amide bonds. The van der Waals surface area contributed by atoms with E-state index in [1.54, 1.807) is 18.9 Å². The van der Waals surface area contributed by atoms with E-state index < -0.39 is 5.54 Å². The van der Waals surface area contributed by atoms with Crippen LogP contribution < -0.4 is 10.1 Å². The monoisotopic (exact) mass is 264 g/mol. The first kappa shape index (κ1) is 14.9. The topological polar surface area (TPSA) is 45.0 Å². The molecular weight excluding hydrogens is 244 g/mol. The van der Waals surface area contributed by atoms with Crippen LogP contribution in [0.15, 0.2) is 29.2 Å². The average molecular weight is 264 g/mol. The van der Waals surface area contributed by atoms with Crippen molar-refractivity contribution in [3.63, 3.8) is 0 Å². The molecule has 0 saturated carbocycles. The molecule has 1 aromatic rings. The summed E-state index contributed by atoms with van der Waals surface area (Å²) in [5.41, 5.74) is -0.441. The lowest BCUT2D eigenvalue weighted by molar-refractivity contribution is 0.404. The van der Waals surface area contributed by atoms with Gasteiger partial charge in [-0.05, 0) is 32.0 Å². The second-order valence-corrected chi connectivity index (χ2v) is 5.36. The Kier molecular flexibility index (Phi) is 6.03. The van der Waals surface area contributed by atoms with Crippen LogP contribution in [0.25, 0.3) is 0 Å². The molecule has 1 rings (SSSR count). The second-order valence-electron chi connectivity index (χ2n) is 4.22. The van der Waals surface area contributed by atoms with Crippen LogP contribution in [-0.4, -0.2) is 24.9 Å². The van der Waals surface area contributed by atoms with Crippen LogP contribution in [0, 0.1) is 11.3 Å². The fourth-order valence-electron chi connectivity index (χ4n) is 1.68. The predicted molar refractivity (Wildman–Crippen MR) is 76.0 cm³/mol. The third kappa shape index (κ3) is 4.25. The van der Waals surface area contributed by atoms with Gasteiger partial charge in [0.25, 0.3) is 0 Å². The summed E-state index contributed by atoms with van der Waals surface area (Å²) in [6.07, 6.45) is 0.806. The minimum Gasteiger partial charge on any atom is -0.496 e. The Bertz CT molecular complexity index is 417. The van der Waals surface area contributed by atoms with E-state index in [9.17, 15) is 0 Å². The van der Waals surface area contributed by atoms with Gasteiger partial charge in [0.15, 0.2) is 0 Å². The summed E-state index contributed by atoms with van der Waals surface area (Å²) in [5.74, 6) is 1.78. The van der Waals surface area contributed by atoms with Crippen molar-refractivity contribution in [2.75, 3.05) is 19.4 Å². The molecule has 0 saturated heterocycles. The fraction of sp³-hybridized carbons (Fsp3) is 0.500. The van der Waals surface area contributed by atoms with Gasteiger partial charge in [-0.15, -0.1) is 11.8 Å². The summed E-state index contributed by atoms with van der Waals surface area (Å²) in [5, 5.41) is 12.4. The number of benzene rings is 1. The lowest BCUT2D eigenvalue weighted by atomic mass is 10.0. The quantitative estimate of drug-likeness (QED) is 0.769. The molecule has 0 spiro atoms. The van der Waals surface area contributed by atoms with Gasteiger partial charge in [-0.25, -0.2) is 0 Å². The van der Waals surface area contributed by atoms with Gasteiger partial charge in [0, 0.05) is 10.6 Å². The van der Waals surface area contributed by atoms with Crippen molar-refractivity contribution in [1.82, 2.24) is 5.32 Å². The molecule has 0 bridgehead atoms. The number of thioether (sulfide) groups is 1. The number of rotatable bonds is 7. The molecule has 1 N–H and O–H groups in total. The lowest BCUT2D eigenvalue weighted by Gasteiger charge is -2.22. The average Bonchev–Trinajstić information content (AvgIpc) is 2.39. The van der Waals surface area contributed by atoms with E-state index in [0.717, 1.165) is 29.4 Å². The third-order valence-electron chi connectivity index (χ3n) is 2.74. The molecule has 98 valence electrons. The highest BCUT2D eigenvalue weighted by molar-refractivity contribution is 7.99. The Morgan fingerprint density at radius 3 is 2.78 bits per heavy atom. The van der Waals surface area contributed by atoms with Gasteiger partial charge in [-0.2, -0.15) is 5.26 Å². The van der Waals surface area contributed by atoms with Crippen LogP contribution in [0.1, 0.15) is 20.3 Å². The zero-order valence-electron chi connectivity index (χ0n) is 11.2. The van der Waals surface area contributed by atoms with E-state index in [-0.39, 0.29) is 0 Å². The highest BCUT2D eigenvalue weighted by atomic mass is 32.2. The van der Waals surface area contributed by atoms with Crippen molar-refractivity contribution >= 4 is 11.8 Å². The molecular formula is C14H20N2OS. The van der Waals surface area contributed by atoms with Crippen LogP contribution in [0.3, 0.4) is 0 Å². The third-order valence-corrected chi connectivity index (χ3v) is 3.80. The first-order valence-electron chi connectivity index (χ1n) is 6.07. The summed E-state index contributed by atoms with van der Waals surface area (Å²) >= 11 is 1.72. The van der Waals surface area contributed by atoms with Gasteiger partial charge in [-0.3, -0.25) is 5.32 Å². The first-order chi connectivity index (χ1) is 8.65. The maximum absolute atomic E-state index is 9.17. The van der Waals surface area contributed by atoms with Gasteiger partial charge in [-0.1, -0.05) is 19.1 Å². The van der Waals surface area contributed by atoms with E-state index in [1.807, 2.05) is 38.1 Å². The van der Waals surface area contributed by atoms with E-state index in [0.29, 0.717) is 0 Å². The Morgan fingerprint density at radius 1 is 1.44 bits per heavy atom. The van der Waals surface area contributed by atoms with Crippen LogP contribution >= 0.6 is 11.8 Å². The van der Waals surface area contributed by atoms with Crippen LogP contribution in [0.5, 0.6) is 5.75 Å². The Balaban J connectivity index is 2.53. The van der Waals surface area contributed by atoms with Crippen molar-refractivity contribution in [3.8, 4) is 11.8 Å². The summed E-state index contributed by atoms with van der Waals surface area (Å²) in [6.45, 7) is 4.77. The highest BCUT2D eigenvalue weighted by Crippen LogP contribution is 2.30. The van der Waals surface area contributed by atoms with E-state index in [1.165, 1.54) is 0 Å². The molecule has 0 aliphatic heterocycles. The molecule has 18 heavy (non-hydrogen) atoms. The fourth-order valence-corrected chi connectivity index (χ4v) is 2.88. The molecule has 0 fully saturated rings. The molecule has 0 aliphatic carbocycles.